The Morgan fingerprint density at radius 1 is 0.968 bits per heavy atom. The number of hydrogen-bond donors (Lipinski definition) is 2. The molecule has 31 heavy (non-hydrogen) atoms. The highest BCUT2D eigenvalue weighted by Crippen LogP contribution is 2.24. The monoisotopic (exact) mass is 423 g/mol. The number of aromatic nitrogens is 3. The molecule has 1 aliphatic heterocycles. The first-order valence-corrected chi connectivity index (χ1v) is 11.8. The smallest absolute Gasteiger partial charge is 0.251 e. The standard InChI is InChI=1S/C24H33N5O2/c30-23(25-15-6-10-22-28-27-21-9-2-1-5-16-29(21)22)20-13-11-18(12-14-20)17-26-24(31)19-7-3-4-8-19/h11-14,19H,1-10,15-17H2,(H,25,30)(H,26,31). The SMILES string of the molecule is O=C(NCCCc1nnc2n1CCCCC2)c1ccc(CNC(=O)C2CCCC2)cc1. The minimum Gasteiger partial charge on any atom is -0.352 e. The number of amides is 2. The first kappa shape index (κ1) is 21.5. The van der Waals surface area contributed by atoms with Crippen molar-refractivity contribution in [3.63, 3.8) is 0 Å². The van der Waals surface area contributed by atoms with E-state index in [2.05, 4.69) is 25.4 Å². The zero-order valence-electron chi connectivity index (χ0n) is 18.2. The summed E-state index contributed by atoms with van der Waals surface area (Å²) in [6.45, 7) is 2.14. The van der Waals surface area contributed by atoms with Crippen molar-refractivity contribution >= 4 is 11.8 Å². The highest BCUT2D eigenvalue weighted by atomic mass is 16.2. The number of hydrogen-bond acceptors (Lipinski definition) is 4. The lowest BCUT2D eigenvalue weighted by molar-refractivity contribution is -0.124. The van der Waals surface area contributed by atoms with Crippen LogP contribution in [0.2, 0.25) is 0 Å². The molecule has 0 bridgehead atoms. The Balaban J connectivity index is 1.18. The van der Waals surface area contributed by atoms with Crippen molar-refractivity contribution in [3.05, 3.63) is 47.0 Å². The summed E-state index contributed by atoms with van der Waals surface area (Å²) in [7, 11) is 0. The first-order valence-electron chi connectivity index (χ1n) is 11.8. The molecule has 2 amide bonds. The highest BCUT2D eigenvalue weighted by molar-refractivity contribution is 5.94. The maximum Gasteiger partial charge on any atom is 0.251 e. The van der Waals surface area contributed by atoms with Gasteiger partial charge < -0.3 is 15.2 Å². The molecule has 2 aliphatic rings. The Morgan fingerprint density at radius 2 is 1.77 bits per heavy atom. The molecule has 1 saturated carbocycles. The molecule has 1 aliphatic carbocycles. The summed E-state index contributed by atoms with van der Waals surface area (Å²) in [5, 5.41) is 14.7. The van der Waals surface area contributed by atoms with E-state index in [-0.39, 0.29) is 17.7 Å². The number of carbonyl (C=O) groups excluding carboxylic acids is 2. The maximum absolute atomic E-state index is 12.4. The van der Waals surface area contributed by atoms with Crippen LogP contribution in [-0.4, -0.2) is 33.1 Å². The average Bonchev–Trinajstić information content (AvgIpc) is 3.40. The first-order chi connectivity index (χ1) is 15.2. The van der Waals surface area contributed by atoms with Crippen LogP contribution in [0.25, 0.3) is 0 Å². The van der Waals surface area contributed by atoms with E-state index >= 15 is 0 Å². The van der Waals surface area contributed by atoms with Crippen LogP contribution < -0.4 is 10.6 Å². The average molecular weight is 424 g/mol. The van der Waals surface area contributed by atoms with Gasteiger partial charge in [0.15, 0.2) is 0 Å². The van der Waals surface area contributed by atoms with E-state index in [9.17, 15) is 9.59 Å². The van der Waals surface area contributed by atoms with Gasteiger partial charge in [0.2, 0.25) is 5.91 Å². The fourth-order valence-corrected chi connectivity index (χ4v) is 4.58. The lowest BCUT2D eigenvalue weighted by Crippen LogP contribution is -2.28. The third-order valence-electron chi connectivity index (χ3n) is 6.46. The van der Waals surface area contributed by atoms with Crippen molar-refractivity contribution in [2.24, 2.45) is 5.92 Å². The van der Waals surface area contributed by atoms with Crippen LogP contribution >= 0.6 is 0 Å². The van der Waals surface area contributed by atoms with Gasteiger partial charge in [-0.05, 0) is 49.8 Å². The van der Waals surface area contributed by atoms with E-state index in [4.69, 9.17) is 0 Å². The second-order valence-electron chi connectivity index (χ2n) is 8.75. The molecule has 166 valence electrons. The third-order valence-corrected chi connectivity index (χ3v) is 6.46. The summed E-state index contributed by atoms with van der Waals surface area (Å²) in [4.78, 5) is 24.6. The van der Waals surface area contributed by atoms with E-state index in [0.29, 0.717) is 18.7 Å². The molecule has 2 N–H and O–H groups in total. The molecular formula is C24H33N5O2. The predicted molar refractivity (Wildman–Crippen MR) is 118 cm³/mol. The summed E-state index contributed by atoms with van der Waals surface area (Å²) >= 11 is 0. The highest BCUT2D eigenvalue weighted by Gasteiger charge is 2.22. The van der Waals surface area contributed by atoms with Gasteiger partial charge in [0.25, 0.3) is 5.91 Å². The second kappa shape index (κ2) is 10.6. The predicted octanol–water partition coefficient (Wildman–Crippen LogP) is 3.17. The third kappa shape index (κ3) is 5.71. The van der Waals surface area contributed by atoms with E-state index in [1.54, 1.807) is 0 Å². The van der Waals surface area contributed by atoms with Crippen molar-refractivity contribution in [1.29, 1.82) is 0 Å². The van der Waals surface area contributed by atoms with Gasteiger partial charge in [-0.25, -0.2) is 0 Å². The fraction of sp³-hybridized carbons (Fsp3) is 0.583. The van der Waals surface area contributed by atoms with E-state index in [0.717, 1.165) is 68.7 Å². The summed E-state index contributed by atoms with van der Waals surface area (Å²) in [5.74, 6) is 2.41. The number of nitrogens with zero attached hydrogens (tertiary/aromatic N) is 3. The normalized spacial score (nSPS) is 16.5. The Bertz CT molecular complexity index is 884. The van der Waals surface area contributed by atoms with Crippen LogP contribution in [0, 0.1) is 5.92 Å². The number of nitrogens with one attached hydrogen (secondary N) is 2. The topological polar surface area (TPSA) is 88.9 Å². The van der Waals surface area contributed by atoms with Crippen LogP contribution in [0.5, 0.6) is 0 Å². The Labute approximate surface area is 184 Å². The Hall–Kier alpha value is -2.70. The molecule has 1 aromatic heterocycles. The van der Waals surface area contributed by atoms with Gasteiger partial charge in [0, 0.05) is 44.0 Å². The number of aryl methyl sites for hydroxylation is 2. The molecular weight excluding hydrogens is 390 g/mol. The van der Waals surface area contributed by atoms with Crippen molar-refractivity contribution in [2.45, 2.75) is 77.3 Å². The van der Waals surface area contributed by atoms with E-state index in [1.165, 1.54) is 19.3 Å². The number of fused-ring (bicyclic) bond motifs is 1. The van der Waals surface area contributed by atoms with Crippen LogP contribution in [-0.2, 0) is 30.7 Å². The lowest BCUT2D eigenvalue weighted by Gasteiger charge is -2.11. The van der Waals surface area contributed by atoms with Gasteiger partial charge in [-0.3, -0.25) is 9.59 Å². The molecule has 2 aromatic rings. The summed E-state index contributed by atoms with van der Waals surface area (Å²) in [6.07, 6.45) is 10.6. The largest absolute Gasteiger partial charge is 0.352 e. The van der Waals surface area contributed by atoms with Crippen LogP contribution in [0.1, 0.15) is 78.9 Å². The zero-order valence-corrected chi connectivity index (χ0v) is 18.2. The molecule has 4 rings (SSSR count). The van der Waals surface area contributed by atoms with Crippen LogP contribution in [0.3, 0.4) is 0 Å². The molecule has 0 radical (unpaired) electrons. The number of rotatable bonds is 8. The van der Waals surface area contributed by atoms with Gasteiger partial charge in [-0.1, -0.05) is 31.4 Å². The van der Waals surface area contributed by atoms with Crippen molar-refractivity contribution < 1.29 is 9.59 Å². The van der Waals surface area contributed by atoms with Crippen molar-refractivity contribution in [3.8, 4) is 0 Å². The molecule has 1 fully saturated rings. The molecule has 1 aromatic carbocycles. The Kier molecular flexibility index (Phi) is 7.33. The summed E-state index contributed by atoms with van der Waals surface area (Å²) in [5.41, 5.74) is 1.65. The minimum absolute atomic E-state index is 0.0680. The quantitative estimate of drug-likeness (QED) is 0.638. The molecule has 7 heteroatoms. The molecule has 2 heterocycles. The molecule has 0 unspecified atom stereocenters. The van der Waals surface area contributed by atoms with E-state index < -0.39 is 0 Å². The second-order valence-corrected chi connectivity index (χ2v) is 8.75. The van der Waals surface area contributed by atoms with E-state index in [1.807, 2.05) is 24.3 Å². The van der Waals surface area contributed by atoms with Gasteiger partial charge in [0.05, 0.1) is 0 Å². The summed E-state index contributed by atoms with van der Waals surface area (Å²) < 4.78 is 2.26. The molecule has 0 spiro atoms. The number of carbonyl (C=O) groups is 2. The molecule has 0 atom stereocenters. The minimum atomic E-state index is -0.0680. The lowest BCUT2D eigenvalue weighted by atomic mass is 10.1. The van der Waals surface area contributed by atoms with Crippen LogP contribution in [0.4, 0.5) is 0 Å². The van der Waals surface area contributed by atoms with Gasteiger partial charge in [-0.15, -0.1) is 10.2 Å². The number of benzene rings is 1. The maximum atomic E-state index is 12.4. The Morgan fingerprint density at radius 3 is 2.58 bits per heavy atom. The molecule has 0 saturated heterocycles. The summed E-state index contributed by atoms with van der Waals surface area (Å²) in [6, 6.07) is 7.47. The van der Waals surface area contributed by atoms with Gasteiger partial charge in [-0.2, -0.15) is 0 Å². The van der Waals surface area contributed by atoms with Crippen LogP contribution in [0.15, 0.2) is 24.3 Å². The van der Waals surface area contributed by atoms with Gasteiger partial charge in [0.1, 0.15) is 11.6 Å². The zero-order chi connectivity index (χ0) is 21.5. The van der Waals surface area contributed by atoms with Crippen molar-refractivity contribution in [1.82, 2.24) is 25.4 Å². The van der Waals surface area contributed by atoms with Crippen molar-refractivity contribution in [2.75, 3.05) is 6.54 Å². The fourth-order valence-electron chi connectivity index (χ4n) is 4.58. The molecule has 7 nitrogen and oxygen atoms in total. The van der Waals surface area contributed by atoms with Gasteiger partial charge >= 0.3 is 0 Å².